The highest BCUT2D eigenvalue weighted by atomic mass is 127. The summed E-state index contributed by atoms with van der Waals surface area (Å²) in [5.74, 6) is 0.857. The van der Waals surface area contributed by atoms with Gasteiger partial charge in [0, 0.05) is 44.0 Å². The fourth-order valence-electron chi connectivity index (χ4n) is 2.63. The molecule has 2 aromatic heterocycles. The maximum Gasteiger partial charge on any atom is 0.194 e. The number of nitrogens with one attached hydrogen (secondary N) is 1. The van der Waals surface area contributed by atoms with E-state index in [1.54, 1.807) is 18.4 Å². The molecule has 0 fully saturated rings. The van der Waals surface area contributed by atoms with E-state index in [-0.39, 0.29) is 24.0 Å². The van der Waals surface area contributed by atoms with Gasteiger partial charge in [0.05, 0.1) is 18.8 Å². The number of halogens is 1. The Morgan fingerprint density at radius 2 is 2.00 bits per heavy atom. The molecule has 0 saturated carbocycles. The van der Waals surface area contributed by atoms with Gasteiger partial charge in [-0.1, -0.05) is 30.3 Å². The van der Waals surface area contributed by atoms with Gasteiger partial charge in [0.2, 0.25) is 0 Å². The number of guanidine groups is 1. The van der Waals surface area contributed by atoms with E-state index in [2.05, 4.69) is 62.7 Å². The van der Waals surface area contributed by atoms with Gasteiger partial charge in [-0.2, -0.15) is 0 Å². The first-order chi connectivity index (χ1) is 12.2. The maximum absolute atomic E-state index is 4.71. The highest BCUT2D eigenvalue weighted by molar-refractivity contribution is 14.0. The number of thiazole rings is 1. The molecule has 138 valence electrons. The minimum absolute atomic E-state index is 0. The molecule has 0 atom stereocenters. The molecule has 1 N–H and O–H groups in total. The van der Waals surface area contributed by atoms with Crippen molar-refractivity contribution >= 4 is 41.3 Å². The van der Waals surface area contributed by atoms with Crippen LogP contribution < -0.4 is 5.32 Å². The Kier molecular flexibility index (Phi) is 7.65. The lowest BCUT2D eigenvalue weighted by atomic mass is 10.2. The lowest BCUT2D eigenvalue weighted by Crippen LogP contribution is -2.38. The normalized spacial score (nSPS) is 11.1. The molecule has 0 aliphatic carbocycles. The van der Waals surface area contributed by atoms with Crippen LogP contribution in [-0.4, -0.2) is 34.5 Å². The fraction of sp³-hybridized carbons (Fsp3) is 0.263. The zero-order valence-electron chi connectivity index (χ0n) is 15.2. The Balaban J connectivity index is 0.00000243. The van der Waals surface area contributed by atoms with Crippen LogP contribution in [0.4, 0.5) is 0 Å². The van der Waals surface area contributed by atoms with Gasteiger partial charge >= 0.3 is 0 Å². The average molecular weight is 481 g/mol. The number of aryl methyl sites for hydroxylation is 1. The molecule has 26 heavy (non-hydrogen) atoms. The zero-order chi connectivity index (χ0) is 17.6. The molecule has 0 unspecified atom stereocenters. The number of aliphatic imine (C=N–C) groups is 1. The molecular formula is C19H24IN5S. The number of rotatable bonds is 5. The predicted molar refractivity (Wildman–Crippen MR) is 120 cm³/mol. The zero-order valence-corrected chi connectivity index (χ0v) is 18.4. The topological polar surface area (TPSA) is 45.5 Å². The van der Waals surface area contributed by atoms with Gasteiger partial charge in [0.25, 0.3) is 0 Å². The summed E-state index contributed by atoms with van der Waals surface area (Å²) in [5, 5.41) is 6.54. The summed E-state index contributed by atoms with van der Waals surface area (Å²) in [6.07, 6.45) is 2.06. The van der Waals surface area contributed by atoms with Gasteiger partial charge in [-0.15, -0.1) is 35.3 Å². The van der Waals surface area contributed by atoms with Crippen molar-refractivity contribution in [2.75, 3.05) is 14.1 Å². The van der Waals surface area contributed by atoms with Crippen molar-refractivity contribution in [3.63, 3.8) is 0 Å². The summed E-state index contributed by atoms with van der Waals surface area (Å²) in [7, 11) is 5.90. The van der Waals surface area contributed by atoms with Crippen LogP contribution in [-0.2, 0) is 20.1 Å². The third-order valence-corrected chi connectivity index (χ3v) is 4.96. The van der Waals surface area contributed by atoms with E-state index in [0.717, 1.165) is 28.8 Å². The summed E-state index contributed by atoms with van der Waals surface area (Å²) in [5.41, 5.74) is 3.42. The quantitative estimate of drug-likeness (QED) is 0.341. The van der Waals surface area contributed by atoms with Crippen LogP contribution in [0, 0.1) is 0 Å². The number of benzene rings is 1. The van der Waals surface area contributed by atoms with E-state index < -0.39 is 0 Å². The van der Waals surface area contributed by atoms with Crippen molar-refractivity contribution < 1.29 is 0 Å². The van der Waals surface area contributed by atoms with Crippen molar-refractivity contribution in [3.05, 3.63) is 65.4 Å². The van der Waals surface area contributed by atoms with Crippen LogP contribution >= 0.6 is 35.3 Å². The van der Waals surface area contributed by atoms with Crippen LogP contribution in [0.5, 0.6) is 0 Å². The predicted octanol–water partition coefficient (Wildman–Crippen LogP) is 3.97. The maximum atomic E-state index is 4.71. The van der Waals surface area contributed by atoms with E-state index >= 15 is 0 Å². The Morgan fingerprint density at radius 3 is 2.65 bits per heavy atom. The van der Waals surface area contributed by atoms with Gasteiger partial charge in [-0.25, -0.2) is 4.98 Å². The van der Waals surface area contributed by atoms with Crippen LogP contribution in [0.25, 0.3) is 10.6 Å². The Labute approximate surface area is 175 Å². The SMILES string of the molecule is CN=C(NCc1csc(-c2ccccc2)n1)N(C)Cc1cccn1C.I. The lowest BCUT2D eigenvalue weighted by molar-refractivity contribution is 0.461. The smallest absolute Gasteiger partial charge is 0.194 e. The standard InChI is InChI=1S/C19H23N5S.HI/c1-20-19(24(3)13-17-10-7-11-23(17)2)21-12-16-14-25-18(22-16)15-8-5-4-6-9-15;/h4-11,14H,12-13H2,1-3H3,(H,20,21);1H. The fourth-order valence-corrected chi connectivity index (χ4v) is 3.46. The number of hydrogen-bond acceptors (Lipinski definition) is 3. The van der Waals surface area contributed by atoms with E-state index in [1.807, 2.05) is 25.2 Å². The summed E-state index contributed by atoms with van der Waals surface area (Å²) in [6, 6.07) is 14.4. The van der Waals surface area contributed by atoms with Gasteiger partial charge < -0.3 is 14.8 Å². The Hall–Kier alpha value is -1.87. The minimum atomic E-state index is 0. The summed E-state index contributed by atoms with van der Waals surface area (Å²) in [6.45, 7) is 1.46. The summed E-state index contributed by atoms with van der Waals surface area (Å²) >= 11 is 1.67. The molecule has 3 rings (SSSR count). The molecule has 0 amide bonds. The molecule has 0 aliphatic rings. The van der Waals surface area contributed by atoms with Crippen molar-refractivity contribution in [2.24, 2.45) is 12.0 Å². The largest absolute Gasteiger partial charge is 0.353 e. The molecule has 3 aromatic rings. The van der Waals surface area contributed by atoms with Crippen molar-refractivity contribution in [1.29, 1.82) is 0 Å². The number of hydrogen-bond donors (Lipinski definition) is 1. The first-order valence-corrected chi connectivity index (χ1v) is 9.07. The van der Waals surface area contributed by atoms with Crippen molar-refractivity contribution in [2.45, 2.75) is 13.1 Å². The van der Waals surface area contributed by atoms with E-state index in [1.165, 1.54) is 5.69 Å². The molecule has 5 nitrogen and oxygen atoms in total. The van der Waals surface area contributed by atoms with E-state index in [0.29, 0.717) is 6.54 Å². The van der Waals surface area contributed by atoms with Crippen LogP contribution in [0.1, 0.15) is 11.4 Å². The highest BCUT2D eigenvalue weighted by Gasteiger charge is 2.10. The second-order valence-corrected chi connectivity index (χ2v) is 6.74. The molecule has 1 aromatic carbocycles. The van der Waals surface area contributed by atoms with Crippen LogP contribution in [0.3, 0.4) is 0 Å². The van der Waals surface area contributed by atoms with Crippen LogP contribution in [0.15, 0.2) is 59.0 Å². The molecule has 2 heterocycles. The third kappa shape index (κ3) is 5.07. The molecule has 0 spiro atoms. The first-order valence-electron chi connectivity index (χ1n) is 8.19. The second kappa shape index (κ2) is 9.72. The number of aromatic nitrogens is 2. The van der Waals surface area contributed by atoms with Crippen molar-refractivity contribution in [1.82, 2.24) is 19.8 Å². The van der Waals surface area contributed by atoms with Gasteiger partial charge in [-0.3, -0.25) is 4.99 Å². The highest BCUT2D eigenvalue weighted by Crippen LogP contribution is 2.23. The average Bonchev–Trinajstić information content (AvgIpc) is 3.26. The summed E-state index contributed by atoms with van der Waals surface area (Å²) < 4.78 is 2.12. The molecular weight excluding hydrogens is 457 g/mol. The minimum Gasteiger partial charge on any atom is -0.353 e. The second-order valence-electron chi connectivity index (χ2n) is 5.88. The summed E-state index contributed by atoms with van der Waals surface area (Å²) in [4.78, 5) is 11.2. The first kappa shape index (κ1) is 20.4. The molecule has 7 heteroatoms. The molecule has 0 bridgehead atoms. The van der Waals surface area contributed by atoms with E-state index in [9.17, 15) is 0 Å². The molecule has 0 aliphatic heterocycles. The van der Waals surface area contributed by atoms with Crippen LogP contribution in [0.2, 0.25) is 0 Å². The Bertz CT molecular complexity index is 841. The Morgan fingerprint density at radius 1 is 1.23 bits per heavy atom. The lowest BCUT2D eigenvalue weighted by Gasteiger charge is -2.22. The van der Waals surface area contributed by atoms with Gasteiger partial charge in [0.15, 0.2) is 5.96 Å². The van der Waals surface area contributed by atoms with Gasteiger partial charge in [0.1, 0.15) is 5.01 Å². The van der Waals surface area contributed by atoms with Gasteiger partial charge in [-0.05, 0) is 12.1 Å². The molecule has 0 radical (unpaired) electrons. The van der Waals surface area contributed by atoms with E-state index in [4.69, 9.17) is 4.98 Å². The monoisotopic (exact) mass is 481 g/mol. The van der Waals surface area contributed by atoms with Crippen molar-refractivity contribution in [3.8, 4) is 10.6 Å². The molecule has 0 saturated heterocycles. The number of nitrogens with zero attached hydrogens (tertiary/aromatic N) is 4. The third-order valence-electron chi connectivity index (χ3n) is 4.02.